The molecule has 1 fully saturated rings. The molecule has 1 aliphatic rings. The van der Waals surface area contributed by atoms with Gasteiger partial charge in [0, 0.05) is 17.4 Å². The fraction of sp³-hybridized carbons (Fsp3) is 0.692. The van der Waals surface area contributed by atoms with E-state index < -0.39 is 0 Å². The van der Waals surface area contributed by atoms with Crippen LogP contribution in [-0.2, 0) is 0 Å². The van der Waals surface area contributed by atoms with Crippen LogP contribution in [0.4, 0.5) is 5.82 Å². The molecule has 0 spiro atoms. The second kappa shape index (κ2) is 6.83. The summed E-state index contributed by atoms with van der Waals surface area (Å²) >= 11 is 1.96. The van der Waals surface area contributed by atoms with E-state index in [0.29, 0.717) is 18.5 Å². The molecule has 5 heteroatoms. The summed E-state index contributed by atoms with van der Waals surface area (Å²) in [4.78, 5) is 8.36. The number of hydrogen-bond donors (Lipinski definition) is 1. The summed E-state index contributed by atoms with van der Waals surface area (Å²) in [5.74, 6) is 1.54. The lowest BCUT2D eigenvalue weighted by Crippen LogP contribution is -2.17. The van der Waals surface area contributed by atoms with Crippen molar-refractivity contribution in [2.45, 2.75) is 43.9 Å². The van der Waals surface area contributed by atoms with Gasteiger partial charge in [-0.25, -0.2) is 9.97 Å². The summed E-state index contributed by atoms with van der Waals surface area (Å²) in [6.45, 7) is 2.79. The third-order valence-corrected chi connectivity index (χ3v) is 4.26. The molecule has 0 aromatic carbocycles. The van der Waals surface area contributed by atoms with Crippen LogP contribution in [0.2, 0.25) is 0 Å². The lowest BCUT2D eigenvalue weighted by atomic mass is 10.2. The number of thioether (sulfide) groups is 1. The Hall–Kier alpha value is -0.970. The van der Waals surface area contributed by atoms with Gasteiger partial charge in [-0.3, -0.25) is 0 Å². The number of nitrogens with one attached hydrogen (secondary N) is 1. The Morgan fingerprint density at radius 1 is 1.44 bits per heavy atom. The highest BCUT2D eigenvalue weighted by molar-refractivity contribution is 7.99. The molecule has 2 atom stereocenters. The van der Waals surface area contributed by atoms with Crippen molar-refractivity contribution in [3.05, 3.63) is 12.4 Å². The average molecular weight is 267 g/mol. The van der Waals surface area contributed by atoms with Crippen molar-refractivity contribution in [1.29, 1.82) is 0 Å². The van der Waals surface area contributed by atoms with E-state index in [0.717, 1.165) is 17.5 Å². The van der Waals surface area contributed by atoms with Gasteiger partial charge in [-0.15, -0.1) is 0 Å². The minimum atomic E-state index is 0.538. The Morgan fingerprint density at radius 2 is 2.33 bits per heavy atom. The molecule has 0 bridgehead atoms. The van der Waals surface area contributed by atoms with E-state index in [2.05, 4.69) is 28.5 Å². The Kier molecular flexibility index (Phi) is 5.11. The molecule has 1 N–H and O–H groups in total. The first-order valence-electron chi connectivity index (χ1n) is 6.56. The normalized spacial score (nSPS) is 23.0. The molecule has 2 unspecified atom stereocenters. The number of aromatic nitrogens is 2. The van der Waals surface area contributed by atoms with Crippen molar-refractivity contribution in [2.75, 3.05) is 18.2 Å². The fourth-order valence-electron chi connectivity index (χ4n) is 2.20. The number of ether oxygens (including phenoxy) is 1. The second-order valence-electron chi connectivity index (χ2n) is 4.60. The van der Waals surface area contributed by atoms with Crippen LogP contribution in [0.3, 0.4) is 0 Å². The van der Waals surface area contributed by atoms with E-state index in [1.165, 1.54) is 19.3 Å². The Labute approximate surface area is 113 Å². The quantitative estimate of drug-likeness (QED) is 0.858. The average Bonchev–Trinajstić information content (AvgIpc) is 2.84. The molecule has 0 amide bonds. The van der Waals surface area contributed by atoms with Gasteiger partial charge in [0.15, 0.2) is 0 Å². The third kappa shape index (κ3) is 3.77. The van der Waals surface area contributed by atoms with Crippen LogP contribution in [0.25, 0.3) is 0 Å². The van der Waals surface area contributed by atoms with Crippen LogP contribution in [0.1, 0.15) is 32.6 Å². The second-order valence-corrected chi connectivity index (χ2v) is 5.74. The molecule has 18 heavy (non-hydrogen) atoms. The summed E-state index contributed by atoms with van der Waals surface area (Å²) in [6.07, 6.45) is 8.48. The largest absolute Gasteiger partial charge is 0.478 e. The van der Waals surface area contributed by atoms with E-state index >= 15 is 0 Å². The standard InChI is InChI=1S/C13H21N3OS/c1-3-6-17-13-8-12(14-9-15-13)16-10-4-5-11(7-10)18-2/h8-11H,3-7H2,1-2H3,(H,14,15,16). The van der Waals surface area contributed by atoms with Gasteiger partial charge >= 0.3 is 0 Å². The van der Waals surface area contributed by atoms with Gasteiger partial charge in [-0.1, -0.05) is 6.92 Å². The topological polar surface area (TPSA) is 47.0 Å². The SMILES string of the molecule is CCCOc1cc(NC2CCC(SC)C2)ncn1. The van der Waals surface area contributed by atoms with Crippen molar-refractivity contribution in [3.63, 3.8) is 0 Å². The zero-order valence-electron chi connectivity index (χ0n) is 11.1. The molecule has 1 aromatic rings. The van der Waals surface area contributed by atoms with Crippen LogP contribution in [0.5, 0.6) is 5.88 Å². The zero-order chi connectivity index (χ0) is 12.8. The van der Waals surface area contributed by atoms with Crippen LogP contribution in [0.15, 0.2) is 12.4 Å². The minimum absolute atomic E-state index is 0.538. The summed E-state index contributed by atoms with van der Waals surface area (Å²) in [5, 5.41) is 4.27. The van der Waals surface area contributed by atoms with Crippen LogP contribution in [-0.4, -0.2) is 34.1 Å². The van der Waals surface area contributed by atoms with Gasteiger partial charge < -0.3 is 10.1 Å². The summed E-state index contributed by atoms with van der Waals surface area (Å²) < 4.78 is 5.51. The van der Waals surface area contributed by atoms with Crippen LogP contribution >= 0.6 is 11.8 Å². The van der Waals surface area contributed by atoms with Gasteiger partial charge in [0.2, 0.25) is 5.88 Å². The van der Waals surface area contributed by atoms with E-state index in [4.69, 9.17) is 4.74 Å². The first-order valence-corrected chi connectivity index (χ1v) is 7.84. The van der Waals surface area contributed by atoms with E-state index in [-0.39, 0.29) is 0 Å². The number of hydrogen-bond acceptors (Lipinski definition) is 5. The Balaban J connectivity index is 1.89. The third-order valence-electron chi connectivity index (χ3n) is 3.17. The highest BCUT2D eigenvalue weighted by atomic mass is 32.2. The monoisotopic (exact) mass is 267 g/mol. The zero-order valence-corrected chi connectivity index (χ0v) is 11.9. The predicted molar refractivity (Wildman–Crippen MR) is 76.4 cm³/mol. The molecule has 1 aliphatic carbocycles. The van der Waals surface area contributed by atoms with Gasteiger partial charge in [-0.2, -0.15) is 11.8 Å². The highest BCUT2D eigenvalue weighted by Crippen LogP contribution is 2.30. The lowest BCUT2D eigenvalue weighted by Gasteiger charge is -2.13. The van der Waals surface area contributed by atoms with Gasteiger partial charge in [-0.05, 0) is 31.9 Å². The molecule has 100 valence electrons. The van der Waals surface area contributed by atoms with Gasteiger partial charge in [0.25, 0.3) is 0 Å². The molecule has 1 saturated carbocycles. The van der Waals surface area contributed by atoms with E-state index in [9.17, 15) is 0 Å². The summed E-state index contributed by atoms with van der Waals surface area (Å²) in [5.41, 5.74) is 0. The smallest absolute Gasteiger partial charge is 0.218 e. The molecule has 0 radical (unpaired) electrons. The number of nitrogens with zero attached hydrogens (tertiary/aromatic N) is 2. The molecular formula is C13H21N3OS. The molecule has 1 heterocycles. The predicted octanol–water partition coefficient (Wildman–Crippen LogP) is 2.96. The Bertz CT molecular complexity index is 375. The Morgan fingerprint density at radius 3 is 3.06 bits per heavy atom. The first kappa shape index (κ1) is 13.5. The van der Waals surface area contributed by atoms with E-state index in [1.54, 1.807) is 6.33 Å². The number of anilines is 1. The van der Waals surface area contributed by atoms with Crippen molar-refractivity contribution >= 4 is 17.6 Å². The first-order chi connectivity index (χ1) is 8.81. The van der Waals surface area contributed by atoms with Crippen molar-refractivity contribution < 1.29 is 4.74 Å². The molecule has 1 aromatic heterocycles. The van der Waals surface area contributed by atoms with Crippen molar-refractivity contribution in [3.8, 4) is 5.88 Å². The molecule has 2 rings (SSSR count). The van der Waals surface area contributed by atoms with E-state index in [1.807, 2.05) is 17.8 Å². The molecule has 0 aliphatic heterocycles. The highest BCUT2D eigenvalue weighted by Gasteiger charge is 2.23. The van der Waals surface area contributed by atoms with Gasteiger partial charge in [0.1, 0.15) is 12.1 Å². The minimum Gasteiger partial charge on any atom is -0.478 e. The maximum Gasteiger partial charge on any atom is 0.218 e. The maximum absolute atomic E-state index is 5.51. The fourth-order valence-corrected chi connectivity index (χ4v) is 2.99. The molecular weight excluding hydrogens is 246 g/mol. The number of rotatable bonds is 6. The van der Waals surface area contributed by atoms with Crippen molar-refractivity contribution in [1.82, 2.24) is 9.97 Å². The van der Waals surface area contributed by atoms with Crippen LogP contribution < -0.4 is 10.1 Å². The molecule has 0 saturated heterocycles. The maximum atomic E-state index is 5.51. The summed E-state index contributed by atoms with van der Waals surface area (Å²) in [7, 11) is 0. The van der Waals surface area contributed by atoms with Crippen molar-refractivity contribution in [2.24, 2.45) is 0 Å². The lowest BCUT2D eigenvalue weighted by molar-refractivity contribution is 0.305. The molecule has 4 nitrogen and oxygen atoms in total. The van der Waals surface area contributed by atoms with Gasteiger partial charge in [0.05, 0.1) is 6.61 Å². The summed E-state index contributed by atoms with van der Waals surface area (Å²) in [6, 6.07) is 2.43. The van der Waals surface area contributed by atoms with Crippen LogP contribution in [0, 0.1) is 0 Å².